The molecule has 25 heavy (non-hydrogen) atoms. The van der Waals surface area contributed by atoms with Gasteiger partial charge in [-0.2, -0.15) is 0 Å². The van der Waals surface area contributed by atoms with E-state index in [9.17, 15) is 9.59 Å². The molecular weight excluding hydrogens is 316 g/mol. The molecule has 2 aliphatic heterocycles. The molecule has 2 fully saturated rings. The van der Waals surface area contributed by atoms with Gasteiger partial charge in [0.15, 0.2) is 0 Å². The lowest BCUT2D eigenvalue weighted by Gasteiger charge is -2.43. The van der Waals surface area contributed by atoms with Crippen LogP contribution in [0, 0.1) is 11.3 Å². The van der Waals surface area contributed by atoms with E-state index in [0.717, 1.165) is 25.9 Å². The van der Waals surface area contributed by atoms with Gasteiger partial charge in [0, 0.05) is 52.0 Å². The molecule has 5 heteroatoms. The van der Waals surface area contributed by atoms with Crippen LogP contribution >= 0.6 is 0 Å². The zero-order chi connectivity index (χ0) is 17.9. The van der Waals surface area contributed by atoms with E-state index < -0.39 is 0 Å². The van der Waals surface area contributed by atoms with Crippen LogP contribution in [0.1, 0.15) is 25.3 Å². The maximum absolute atomic E-state index is 12.7. The molecular formula is C20H28N2O3. The molecule has 0 radical (unpaired) electrons. The topological polar surface area (TPSA) is 49.9 Å². The number of hydrogen-bond donors (Lipinski definition) is 0. The van der Waals surface area contributed by atoms with Crippen molar-refractivity contribution in [3.63, 3.8) is 0 Å². The summed E-state index contributed by atoms with van der Waals surface area (Å²) in [5.41, 5.74) is 1.09. The van der Waals surface area contributed by atoms with Crippen LogP contribution in [0.15, 0.2) is 30.3 Å². The summed E-state index contributed by atoms with van der Waals surface area (Å²) >= 11 is 0. The Labute approximate surface area is 149 Å². The van der Waals surface area contributed by atoms with E-state index in [1.54, 1.807) is 14.0 Å². The van der Waals surface area contributed by atoms with Crippen molar-refractivity contribution in [2.75, 3.05) is 39.9 Å². The number of piperidine rings is 1. The highest BCUT2D eigenvalue weighted by Gasteiger charge is 2.51. The first kappa shape index (κ1) is 17.9. The smallest absolute Gasteiger partial charge is 0.222 e. The lowest BCUT2D eigenvalue weighted by molar-refractivity contribution is -0.134. The minimum Gasteiger partial charge on any atom is -0.384 e. The second kappa shape index (κ2) is 7.56. The Morgan fingerprint density at radius 2 is 1.92 bits per heavy atom. The van der Waals surface area contributed by atoms with Crippen LogP contribution in [0.2, 0.25) is 0 Å². The maximum Gasteiger partial charge on any atom is 0.222 e. The number of aryl methyl sites for hydroxylation is 1. The SMILES string of the molecule is COC[C@@]12CN(C(C)=O)CC[C@@H]1CN(C(=O)CCc1ccccc1)C2. The fraction of sp³-hybridized carbons (Fsp3) is 0.600. The molecule has 5 nitrogen and oxygen atoms in total. The van der Waals surface area contributed by atoms with E-state index >= 15 is 0 Å². The minimum absolute atomic E-state index is 0.110. The number of amides is 2. The monoisotopic (exact) mass is 344 g/mol. The maximum atomic E-state index is 12.7. The van der Waals surface area contributed by atoms with Gasteiger partial charge < -0.3 is 14.5 Å². The van der Waals surface area contributed by atoms with Crippen LogP contribution in [0.5, 0.6) is 0 Å². The summed E-state index contributed by atoms with van der Waals surface area (Å²) in [6.45, 7) is 5.20. The quantitative estimate of drug-likeness (QED) is 0.820. The van der Waals surface area contributed by atoms with Crippen molar-refractivity contribution in [3.8, 4) is 0 Å². The predicted molar refractivity (Wildman–Crippen MR) is 96.0 cm³/mol. The molecule has 2 amide bonds. The fourth-order valence-corrected chi connectivity index (χ4v) is 4.39. The number of carbonyl (C=O) groups excluding carboxylic acids is 2. The van der Waals surface area contributed by atoms with Gasteiger partial charge in [0.25, 0.3) is 0 Å². The molecule has 0 saturated carbocycles. The summed E-state index contributed by atoms with van der Waals surface area (Å²) in [6.07, 6.45) is 2.26. The Morgan fingerprint density at radius 3 is 2.60 bits per heavy atom. The lowest BCUT2D eigenvalue weighted by Crippen LogP contribution is -2.52. The second-order valence-corrected chi connectivity index (χ2v) is 7.48. The average Bonchev–Trinajstić information content (AvgIpc) is 2.99. The number of rotatable bonds is 5. The Kier molecular flexibility index (Phi) is 5.42. The van der Waals surface area contributed by atoms with Crippen LogP contribution in [-0.4, -0.2) is 61.5 Å². The van der Waals surface area contributed by atoms with Crippen molar-refractivity contribution in [2.45, 2.75) is 26.2 Å². The molecule has 0 aliphatic carbocycles. The normalized spacial score (nSPS) is 25.8. The molecule has 3 rings (SSSR count). The van der Waals surface area contributed by atoms with Crippen LogP contribution < -0.4 is 0 Å². The standard InChI is InChI=1S/C20H28N2O3/c1-16(23)21-11-10-18-12-22(14-20(18,13-21)15-25-2)19(24)9-8-17-6-4-3-5-7-17/h3-7,18H,8-15H2,1-2H3/t18-,20+/m1/s1. The van der Waals surface area contributed by atoms with Crippen molar-refractivity contribution in [3.05, 3.63) is 35.9 Å². The van der Waals surface area contributed by atoms with Gasteiger partial charge in [-0.05, 0) is 24.3 Å². The Hall–Kier alpha value is -1.88. The molecule has 136 valence electrons. The lowest BCUT2D eigenvalue weighted by atomic mass is 9.74. The van der Waals surface area contributed by atoms with Crippen molar-refractivity contribution in [1.29, 1.82) is 0 Å². The van der Waals surface area contributed by atoms with E-state index in [1.807, 2.05) is 28.0 Å². The predicted octanol–water partition coefficient (Wildman–Crippen LogP) is 1.96. The first-order valence-corrected chi connectivity index (χ1v) is 9.10. The highest BCUT2D eigenvalue weighted by molar-refractivity contribution is 5.77. The molecule has 0 spiro atoms. The van der Waals surface area contributed by atoms with Gasteiger partial charge >= 0.3 is 0 Å². The van der Waals surface area contributed by atoms with Gasteiger partial charge in [0.05, 0.1) is 6.61 Å². The van der Waals surface area contributed by atoms with Crippen molar-refractivity contribution >= 4 is 11.8 Å². The van der Waals surface area contributed by atoms with Crippen LogP contribution in [-0.2, 0) is 20.7 Å². The molecule has 2 heterocycles. The number of likely N-dealkylation sites (tertiary alicyclic amines) is 2. The average molecular weight is 344 g/mol. The summed E-state index contributed by atoms with van der Waals surface area (Å²) < 4.78 is 5.50. The van der Waals surface area contributed by atoms with Crippen LogP contribution in [0.4, 0.5) is 0 Å². The van der Waals surface area contributed by atoms with Gasteiger partial charge in [0.2, 0.25) is 11.8 Å². The van der Waals surface area contributed by atoms with Gasteiger partial charge in [-0.3, -0.25) is 9.59 Å². The fourth-order valence-electron chi connectivity index (χ4n) is 4.39. The molecule has 1 aromatic carbocycles. The van der Waals surface area contributed by atoms with Gasteiger partial charge in [-0.15, -0.1) is 0 Å². The van der Waals surface area contributed by atoms with Crippen LogP contribution in [0.3, 0.4) is 0 Å². The van der Waals surface area contributed by atoms with E-state index in [0.29, 0.717) is 32.0 Å². The number of ether oxygens (including phenoxy) is 1. The summed E-state index contributed by atoms with van der Waals surface area (Å²) in [5, 5.41) is 0. The van der Waals surface area contributed by atoms with Crippen LogP contribution in [0.25, 0.3) is 0 Å². The molecule has 0 N–H and O–H groups in total. The zero-order valence-electron chi connectivity index (χ0n) is 15.2. The Morgan fingerprint density at radius 1 is 1.20 bits per heavy atom. The molecule has 0 aromatic heterocycles. The third-order valence-electron chi connectivity index (χ3n) is 5.77. The molecule has 0 bridgehead atoms. The van der Waals surface area contributed by atoms with Crippen molar-refractivity contribution in [1.82, 2.24) is 9.80 Å². The number of carbonyl (C=O) groups is 2. The zero-order valence-corrected chi connectivity index (χ0v) is 15.2. The van der Waals surface area contributed by atoms with Gasteiger partial charge in [-0.1, -0.05) is 30.3 Å². The van der Waals surface area contributed by atoms with Crippen molar-refractivity contribution in [2.24, 2.45) is 11.3 Å². The Bertz CT molecular complexity index is 619. The highest BCUT2D eigenvalue weighted by atomic mass is 16.5. The number of methoxy groups -OCH3 is 1. The van der Waals surface area contributed by atoms with E-state index in [4.69, 9.17) is 4.74 Å². The van der Waals surface area contributed by atoms with E-state index in [1.165, 1.54) is 5.56 Å². The molecule has 2 saturated heterocycles. The summed E-state index contributed by atoms with van der Waals surface area (Å²) in [5.74, 6) is 0.745. The summed E-state index contributed by atoms with van der Waals surface area (Å²) in [4.78, 5) is 28.4. The van der Waals surface area contributed by atoms with Gasteiger partial charge in [-0.25, -0.2) is 0 Å². The van der Waals surface area contributed by atoms with Gasteiger partial charge in [0.1, 0.15) is 0 Å². The minimum atomic E-state index is -0.110. The molecule has 0 unspecified atom stereocenters. The number of nitrogens with zero attached hydrogens (tertiary/aromatic N) is 2. The molecule has 2 atom stereocenters. The number of hydrogen-bond acceptors (Lipinski definition) is 3. The first-order valence-electron chi connectivity index (χ1n) is 9.10. The third-order valence-corrected chi connectivity index (χ3v) is 5.77. The van der Waals surface area contributed by atoms with Crippen molar-refractivity contribution < 1.29 is 14.3 Å². The van der Waals surface area contributed by atoms with E-state index in [2.05, 4.69) is 12.1 Å². The third kappa shape index (κ3) is 3.87. The van der Waals surface area contributed by atoms with E-state index in [-0.39, 0.29) is 17.2 Å². The summed E-state index contributed by atoms with van der Waals surface area (Å²) in [7, 11) is 1.71. The number of benzene rings is 1. The first-order chi connectivity index (χ1) is 12.0. The number of fused-ring (bicyclic) bond motifs is 1. The highest BCUT2D eigenvalue weighted by Crippen LogP contribution is 2.42. The summed E-state index contributed by atoms with van der Waals surface area (Å²) in [6, 6.07) is 10.1. The molecule has 2 aliphatic rings. The second-order valence-electron chi connectivity index (χ2n) is 7.48. The largest absolute Gasteiger partial charge is 0.384 e. The molecule has 1 aromatic rings. The Balaban J connectivity index is 1.64.